The Balaban J connectivity index is 1.48. The van der Waals surface area contributed by atoms with Crippen LogP contribution in [0.2, 0.25) is 5.02 Å². The number of nitrogens with one attached hydrogen (secondary N) is 1. The van der Waals surface area contributed by atoms with Crippen molar-refractivity contribution in [3.05, 3.63) is 40.9 Å². The number of phenols is 1. The Kier molecular flexibility index (Phi) is 6.09. The van der Waals surface area contributed by atoms with E-state index in [2.05, 4.69) is 27.1 Å². The molecule has 0 spiro atoms. The Labute approximate surface area is 213 Å². The number of likely N-dealkylation sites (tertiary alicyclic amines) is 1. The number of rotatable bonds is 5. The summed E-state index contributed by atoms with van der Waals surface area (Å²) in [6.07, 6.45) is 4.26. The average Bonchev–Trinajstić information content (AvgIpc) is 3.42. The molecular formula is C26H28ClF2N5O2. The zero-order chi connectivity index (χ0) is 25.0. The van der Waals surface area contributed by atoms with E-state index in [1.807, 2.05) is 0 Å². The summed E-state index contributed by atoms with van der Waals surface area (Å²) in [4.78, 5) is 13.5. The van der Waals surface area contributed by atoms with Gasteiger partial charge in [-0.2, -0.15) is 9.97 Å². The van der Waals surface area contributed by atoms with Crippen molar-refractivity contribution in [3.63, 3.8) is 0 Å². The molecule has 3 aromatic rings. The van der Waals surface area contributed by atoms with E-state index in [1.54, 1.807) is 6.07 Å². The zero-order valence-electron chi connectivity index (χ0n) is 20.0. The Morgan fingerprint density at radius 1 is 1.14 bits per heavy atom. The number of phenolic OH excluding ortho intramolecular Hbond substituents is 1. The van der Waals surface area contributed by atoms with Gasteiger partial charge >= 0.3 is 6.01 Å². The third-order valence-electron chi connectivity index (χ3n) is 7.68. The maximum absolute atomic E-state index is 16.1. The fourth-order valence-electron chi connectivity index (χ4n) is 5.79. The summed E-state index contributed by atoms with van der Waals surface area (Å²) in [5.74, 6) is -1.44. The number of halogens is 3. The fourth-order valence-corrected chi connectivity index (χ4v) is 6.07. The number of nitrogens with zero attached hydrogens (tertiary/aromatic N) is 4. The van der Waals surface area contributed by atoms with E-state index in [0.717, 1.165) is 51.4 Å². The summed E-state index contributed by atoms with van der Waals surface area (Å²) in [5.41, 5.74) is -0.536. The fraction of sp³-hybridized carbons (Fsp3) is 0.462. The standard InChI is InChI=1S/C26H28ClF2N5O2/c1-33-9-3-4-16(33)13-36-26-31-24-17(25(32-26)34-11-14-7-8-15(12-34)30-14)10-18(27)21(23(24)29)22-19(28)5-2-6-20(22)35/h2,5-6,10,14-16,30,35H,3-4,7-9,11-13H2,1H3/t14?,15?,16-/m0/s1. The first-order valence-corrected chi connectivity index (χ1v) is 12.8. The first-order chi connectivity index (χ1) is 17.4. The predicted octanol–water partition coefficient (Wildman–Crippen LogP) is 4.35. The van der Waals surface area contributed by atoms with E-state index < -0.39 is 17.4 Å². The van der Waals surface area contributed by atoms with Gasteiger partial charge in [0.15, 0.2) is 5.82 Å². The number of benzene rings is 2. The van der Waals surface area contributed by atoms with Crippen LogP contribution in [0, 0.1) is 11.6 Å². The van der Waals surface area contributed by atoms with Gasteiger partial charge in [-0.25, -0.2) is 8.78 Å². The van der Waals surface area contributed by atoms with Crippen LogP contribution in [0.1, 0.15) is 25.7 Å². The minimum absolute atomic E-state index is 0.0114. The monoisotopic (exact) mass is 515 g/mol. The van der Waals surface area contributed by atoms with Crippen molar-refractivity contribution in [2.45, 2.75) is 43.8 Å². The van der Waals surface area contributed by atoms with Gasteiger partial charge in [0, 0.05) is 42.2 Å². The Hall–Kier alpha value is -2.75. The summed E-state index contributed by atoms with van der Waals surface area (Å²) in [7, 11) is 2.05. The maximum atomic E-state index is 16.1. The molecule has 10 heteroatoms. The molecule has 7 nitrogen and oxygen atoms in total. The van der Waals surface area contributed by atoms with Gasteiger partial charge in [-0.15, -0.1) is 0 Å². The minimum atomic E-state index is -0.817. The Bertz CT molecular complexity index is 1290. The van der Waals surface area contributed by atoms with Crippen LogP contribution in [-0.2, 0) is 0 Å². The number of aromatic nitrogens is 2. The van der Waals surface area contributed by atoms with Gasteiger partial charge in [-0.1, -0.05) is 17.7 Å². The first kappa shape index (κ1) is 23.6. The molecule has 2 unspecified atom stereocenters. The number of piperazine rings is 1. The van der Waals surface area contributed by atoms with Gasteiger partial charge in [0.05, 0.1) is 10.6 Å². The molecule has 3 aliphatic heterocycles. The predicted molar refractivity (Wildman–Crippen MR) is 135 cm³/mol. The number of likely N-dealkylation sites (N-methyl/N-ethyl adjacent to an activating group) is 1. The summed E-state index contributed by atoms with van der Waals surface area (Å²) >= 11 is 6.53. The van der Waals surface area contributed by atoms with E-state index in [9.17, 15) is 9.50 Å². The van der Waals surface area contributed by atoms with Crippen LogP contribution in [0.15, 0.2) is 24.3 Å². The number of ether oxygens (including phenoxy) is 1. The topological polar surface area (TPSA) is 73.8 Å². The molecule has 190 valence electrons. The summed E-state index contributed by atoms with van der Waals surface area (Å²) < 4.78 is 36.8. The number of hydrogen-bond acceptors (Lipinski definition) is 7. The van der Waals surface area contributed by atoms with Gasteiger partial charge in [0.1, 0.15) is 29.5 Å². The van der Waals surface area contributed by atoms with Gasteiger partial charge in [-0.3, -0.25) is 0 Å². The van der Waals surface area contributed by atoms with Crippen LogP contribution in [0.5, 0.6) is 11.8 Å². The molecule has 0 aliphatic carbocycles. The van der Waals surface area contributed by atoms with Crippen LogP contribution in [0.4, 0.5) is 14.6 Å². The van der Waals surface area contributed by atoms with Gasteiger partial charge < -0.3 is 25.0 Å². The lowest BCUT2D eigenvalue weighted by Crippen LogP contribution is -2.51. The Morgan fingerprint density at radius 3 is 2.61 bits per heavy atom. The zero-order valence-corrected chi connectivity index (χ0v) is 20.7. The molecule has 0 saturated carbocycles. The number of fused-ring (bicyclic) bond motifs is 3. The lowest BCUT2D eigenvalue weighted by molar-refractivity contribution is 0.188. The minimum Gasteiger partial charge on any atom is -0.507 e. The lowest BCUT2D eigenvalue weighted by atomic mass is 10.0. The molecule has 0 amide bonds. The van der Waals surface area contributed by atoms with E-state index in [1.165, 1.54) is 12.1 Å². The van der Waals surface area contributed by atoms with Crippen LogP contribution >= 0.6 is 11.6 Å². The lowest BCUT2D eigenvalue weighted by Gasteiger charge is -2.34. The van der Waals surface area contributed by atoms with Crippen molar-refractivity contribution < 1.29 is 18.6 Å². The molecule has 6 rings (SSSR count). The molecule has 2 N–H and O–H groups in total. The van der Waals surface area contributed by atoms with E-state index in [4.69, 9.17) is 21.3 Å². The molecule has 2 bridgehead atoms. The second kappa shape index (κ2) is 9.28. The van der Waals surface area contributed by atoms with Crippen molar-refractivity contribution in [1.82, 2.24) is 20.2 Å². The van der Waals surface area contributed by atoms with Crippen LogP contribution in [0.3, 0.4) is 0 Å². The molecule has 3 saturated heterocycles. The summed E-state index contributed by atoms with van der Waals surface area (Å²) in [5, 5.41) is 14.3. The second-order valence-corrected chi connectivity index (χ2v) is 10.4. The molecule has 2 aromatic carbocycles. The number of anilines is 1. The molecular weight excluding hydrogens is 488 g/mol. The van der Waals surface area contributed by atoms with E-state index in [-0.39, 0.29) is 33.7 Å². The third kappa shape index (κ3) is 4.13. The van der Waals surface area contributed by atoms with Gasteiger partial charge in [0.25, 0.3) is 0 Å². The molecule has 4 heterocycles. The highest BCUT2D eigenvalue weighted by atomic mass is 35.5. The average molecular weight is 516 g/mol. The van der Waals surface area contributed by atoms with E-state index in [0.29, 0.717) is 29.9 Å². The molecule has 3 aliphatic rings. The van der Waals surface area contributed by atoms with Gasteiger partial charge in [0.2, 0.25) is 0 Å². The second-order valence-electron chi connectivity index (χ2n) is 10.0. The molecule has 36 heavy (non-hydrogen) atoms. The van der Waals surface area contributed by atoms with E-state index >= 15 is 4.39 Å². The molecule has 3 fully saturated rings. The number of hydrogen-bond donors (Lipinski definition) is 2. The highest BCUT2D eigenvalue weighted by molar-refractivity contribution is 6.34. The van der Waals surface area contributed by atoms with Crippen LogP contribution in [0.25, 0.3) is 22.0 Å². The van der Waals surface area contributed by atoms with Crippen molar-refractivity contribution >= 4 is 28.3 Å². The summed E-state index contributed by atoms with van der Waals surface area (Å²) in [6.45, 7) is 2.85. The van der Waals surface area contributed by atoms with Crippen LogP contribution < -0.4 is 15.0 Å². The molecule has 3 atom stereocenters. The number of aromatic hydroxyl groups is 1. The SMILES string of the molecule is CN1CCC[C@H]1COc1nc(N2CC3CCC(C2)N3)c2cc(Cl)c(-c3c(O)cccc3F)c(F)c2n1. The quantitative estimate of drug-likeness (QED) is 0.523. The molecule has 0 radical (unpaired) electrons. The first-order valence-electron chi connectivity index (χ1n) is 12.4. The van der Waals surface area contributed by atoms with Crippen molar-refractivity contribution in [3.8, 4) is 22.9 Å². The maximum Gasteiger partial charge on any atom is 0.319 e. The van der Waals surface area contributed by atoms with Crippen molar-refractivity contribution in [1.29, 1.82) is 0 Å². The Morgan fingerprint density at radius 2 is 1.92 bits per heavy atom. The summed E-state index contributed by atoms with van der Waals surface area (Å²) in [6, 6.07) is 6.36. The van der Waals surface area contributed by atoms with Crippen LogP contribution in [-0.4, -0.2) is 71.4 Å². The van der Waals surface area contributed by atoms with Crippen molar-refractivity contribution in [2.24, 2.45) is 0 Å². The highest BCUT2D eigenvalue weighted by Gasteiger charge is 2.34. The highest BCUT2D eigenvalue weighted by Crippen LogP contribution is 2.43. The third-order valence-corrected chi connectivity index (χ3v) is 7.97. The van der Waals surface area contributed by atoms with Crippen molar-refractivity contribution in [2.75, 3.05) is 38.2 Å². The smallest absolute Gasteiger partial charge is 0.319 e. The largest absolute Gasteiger partial charge is 0.507 e. The molecule has 1 aromatic heterocycles. The van der Waals surface area contributed by atoms with Gasteiger partial charge in [-0.05, 0) is 57.5 Å². The normalized spacial score (nSPS) is 24.1.